The van der Waals surface area contributed by atoms with Gasteiger partial charge in [-0.1, -0.05) is 24.3 Å². The molecule has 0 spiro atoms. The van der Waals surface area contributed by atoms with E-state index in [4.69, 9.17) is 4.74 Å². The van der Waals surface area contributed by atoms with Crippen LogP contribution in [0.25, 0.3) is 0 Å². The third-order valence-corrected chi connectivity index (χ3v) is 4.10. The second-order valence-electron chi connectivity index (χ2n) is 6.04. The van der Waals surface area contributed by atoms with E-state index in [0.29, 0.717) is 29.4 Å². The topological polar surface area (TPSA) is 65.9 Å². The molecule has 148 valence electrons. The van der Waals surface area contributed by atoms with Crippen LogP contribution >= 0.6 is 24.0 Å². The summed E-state index contributed by atoms with van der Waals surface area (Å²) in [7, 11) is 1.51. The van der Waals surface area contributed by atoms with Gasteiger partial charge in [-0.3, -0.25) is 0 Å². The normalized spacial score (nSPS) is 12.1. The number of ether oxygens (including phenoxy) is 1. The molecule has 7 heteroatoms. The molecule has 2 aromatic rings. The van der Waals surface area contributed by atoms with Crippen LogP contribution in [0.1, 0.15) is 36.6 Å². The van der Waals surface area contributed by atoms with Gasteiger partial charge in [0.05, 0.1) is 19.7 Å². The van der Waals surface area contributed by atoms with Crippen LogP contribution in [0.4, 0.5) is 4.39 Å². The van der Waals surface area contributed by atoms with Gasteiger partial charge in [0.1, 0.15) is 5.82 Å². The van der Waals surface area contributed by atoms with E-state index in [0.717, 1.165) is 5.56 Å². The Hall–Kier alpha value is -2.03. The summed E-state index contributed by atoms with van der Waals surface area (Å²) in [5.41, 5.74) is 2.12. The predicted molar refractivity (Wildman–Crippen MR) is 118 cm³/mol. The lowest BCUT2D eigenvalue weighted by atomic mass is 10.1. The van der Waals surface area contributed by atoms with E-state index in [1.807, 2.05) is 26.0 Å². The van der Waals surface area contributed by atoms with Gasteiger partial charge in [0.2, 0.25) is 0 Å². The number of aryl methyl sites for hydroxylation is 1. The first-order chi connectivity index (χ1) is 12.5. The van der Waals surface area contributed by atoms with Crippen molar-refractivity contribution < 1.29 is 14.2 Å². The Labute approximate surface area is 177 Å². The second kappa shape index (κ2) is 11.0. The van der Waals surface area contributed by atoms with Gasteiger partial charge >= 0.3 is 0 Å². The second-order valence-corrected chi connectivity index (χ2v) is 6.04. The third kappa shape index (κ3) is 6.27. The number of methoxy groups -OCH3 is 1. The molecule has 27 heavy (non-hydrogen) atoms. The van der Waals surface area contributed by atoms with Crippen molar-refractivity contribution in [1.82, 2.24) is 10.6 Å². The Balaban J connectivity index is 0.00000364. The number of halogens is 2. The number of rotatable bonds is 6. The Kier molecular flexibility index (Phi) is 9.34. The van der Waals surface area contributed by atoms with Gasteiger partial charge in [-0.15, -0.1) is 24.0 Å². The van der Waals surface area contributed by atoms with Crippen LogP contribution in [-0.4, -0.2) is 24.7 Å². The molecule has 0 aliphatic rings. The van der Waals surface area contributed by atoms with E-state index in [1.165, 1.54) is 13.2 Å². The first-order valence-corrected chi connectivity index (χ1v) is 8.62. The van der Waals surface area contributed by atoms with Crippen LogP contribution in [0.2, 0.25) is 0 Å². The largest absolute Gasteiger partial charge is 0.504 e. The number of guanidine groups is 1. The van der Waals surface area contributed by atoms with Gasteiger partial charge in [0.15, 0.2) is 17.5 Å². The molecule has 2 rings (SSSR count). The molecule has 0 aromatic heterocycles. The number of para-hydroxylation sites is 1. The van der Waals surface area contributed by atoms with Gasteiger partial charge < -0.3 is 20.5 Å². The van der Waals surface area contributed by atoms with Crippen molar-refractivity contribution in [3.05, 3.63) is 58.9 Å². The lowest BCUT2D eigenvalue weighted by molar-refractivity contribution is 0.370. The highest BCUT2D eigenvalue weighted by molar-refractivity contribution is 14.0. The fourth-order valence-corrected chi connectivity index (χ4v) is 2.51. The standard InChI is InChI=1S/C20H26FN3O2.HI/c1-5-22-20(23-12-16-7-6-8-18(26-4)19(16)25)24-14(3)15-10-9-13(2)17(21)11-15;/h6-11,14,25H,5,12H2,1-4H3,(H2,22,23,24);1H. The van der Waals surface area contributed by atoms with Crippen molar-refractivity contribution >= 4 is 29.9 Å². The molecule has 0 heterocycles. The Bertz CT molecular complexity index is 784. The maximum atomic E-state index is 13.8. The maximum Gasteiger partial charge on any atom is 0.192 e. The molecule has 0 amide bonds. The van der Waals surface area contributed by atoms with Crippen molar-refractivity contribution in [3.8, 4) is 11.5 Å². The number of benzene rings is 2. The number of hydrogen-bond acceptors (Lipinski definition) is 3. The first-order valence-electron chi connectivity index (χ1n) is 8.62. The molecule has 0 bridgehead atoms. The van der Waals surface area contributed by atoms with Gasteiger partial charge in [-0.2, -0.15) is 0 Å². The van der Waals surface area contributed by atoms with E-state index >= 15 is 0 Å². The van der Waals surface area contributed by atoms with Crippen molar-refractivity contribution in [1.29, 1.82) is 0 Å². The lowest BCUT2D eigenvalue weighted by Gasteiger charge is -2.19. The average molecular weight is 487 g/mol. The number of phenolic OH excluding ortho intramolecular Hbond substituents is 1. The highest BCUT2D eigenvalue weighted by atomic mass is 127. The molecular formula is C20H27FIN3O2. The minimum atomic E-state index is -0.223. The molecule has 0 saturated heterocycles. The summed E-state index contributed by atoms with van der Waals surface area (Å²) >= 11 is 0. The minimum absolute atomic E-state index is 0. The third-order valence-electron chi connectivity index (χ3n) is 4.10. The van der Waals surface area contributed by atoms with Gasteiger partial charge in [-0.25, -0.2) is 9.38 Å². The zero-order valence-electron chi connectivity index (χ0n) is 16.0. The fourth-order valence-electron chi connectivity index (χ4n) is 2.51. The van der Waals surface area contributed by atoms with Crippen molar-refractivity contribution in [2.45, 2.75) is 33.4 Å². The molecule has 1 unspecified atom stereocenters. The molecule has 0 aliphatic carbocycles. The Morgan fingerprint density at radius 2 is 2.04 bits per heavy atom. The molecule has 0 saturated carbocycles. The van der Waals surface area contributed by atoms with Crippen molar-refractivity contribution in [3.63, 3.8) is 0 Å². The van der Waals surface area contributed by atoms with Crippen LogP contribution < -0.4 is 15.4 Å². The fraction of sp³-hybridized carbons (Fsp3) is 0.350. The monoisotopic (exact) mass is 487 g/mol. The van der Waals surface area contributed by atoms with E-state index in [1.54, 1.807) is 25.1 Å². The van der Waals surface area contributed by atoms with Crippen LogP contribution in [0, 0.1) is 12.7 Å². The summed E-state index contributed by atoms with van der Waals surface area (Å²) in [6, 6.07) is 10.4. The van der Waals surface area contributed by atoms with Crippen LogP contribution in [0.15, 0.2) is 41.4 Å². The summed E-state index contributed by atoms with van der Waals surface area (Å²) in [6.45, 7) is 6.62. The molecule has 3 N–H and O–H groups in total. The lowest BCUT2D eigenvalue weighted by Crippen LogP contribution is -2.38. The van der Waals surface area contributed by atoms with Crippen LogP contribution in [-0.2, 0) is 6.54 Å². The number of hydrogen-bond donors (Lipinski definition) is 3. The van der Waals surface area contributed by atoms with E-state index < -0.39 is 0 Å². The highest BCUT2D eigenvalue weighted by Crippen LogP contribution is 2.29. The summed E-state index contributed by atoms with van der Waals surface area (Å²) < 4.78 is 18.9. The minimum Gasteiger partial charge on any atom is -0.504 e. The number of phenols is 1. The number of nitrogens with zero attached hydrogens (tertiary/aromatic N) is 1. The molecule has 0 fully saturated rings. The smallest absolute Gasteiger partial charge is 0.192 e. The first kappa shape index (κ1) is 23.0. The van der Waals surface area contributed by atoms with Gasteiger partial charge in [0, 0.05) is 12.1 Å². The molecule has 5 nitrogen and oxygen atoms in total. The Morgan fingerprint density at radius 3 is 2.67 bits per heavy atom. The average Bonchev–Trinajstić information content (AvgIpc) is 2.63. The zero-order valence-corrected chi connectivity index (χ0v) is 18.4. The van der Waals surface area contributed by atoms with E-state index in [2.05, 4.69) is 15.6 Å². The van der Waals surface area contributed by atoms with E-state index in [9.17, 15) is 9.50 Å². The molecular weight excluding hydrogens is 460 g/mol. The van der Waals surface area contributed by atoms with Crippen molar-refractivity contribution in [2.75, 3.05) is 13.7 Å². The number of aromatic hydroxyl groups is 1. The number of aliphatic imine (C=N–C) groups is 1. The molecule has 0 radical (unpaired) electrons. The molecule has 1 atom stereocenters. The molecule has 0 aliphatic heterocycles. The summed E-state index contributed by atoms with van der Waals surface area (Å²) in [5.74, 6) is 0.866. The maximum absolute atomic E-state index is 13.8. The zero-order chi connectivity index (χ0) is 19.1. The van der Waals surface area contributed by atoms with Crippen LogP contribution in [0.3, 0.4) is 0 Å². The Morgan fingerprint density at radius 1 is 1.30 bits per heavy atom. The van der Waals surface area contributed by atoms with Gasteiger partial charge in [0.25, 0.3) is 0 Å². The predicted octanol–water partition coefficient (Wildman–Crippen LogP) is 4.28. The summed E-state index contributed by atoms with van der Waals surface area (Å²) in [5, 5.41) is 16.6. The van der Waals surface area contributed by atoms with Gasteiger partial charge in [-0.05, 0) is 44.0 Å². The SMILES string of the molecule is CCNC(=NCc1cccc(OC)c1O)NC(C)c1ccc(C)c(F)c1.I. The quantitative estimate of drug-likeness (QED) is 0.323. The van der Waals surface area contributed by atoms with E-state index in [-0.39, 0.29) is 48.1 Å². The number of nitrogens with one attached hydrogen (secondary N) is 2. The summed E-state index contributed by atoms with van der Waals surface area (Å²) in [6.07, 6.45) is 0. The van der Waals surface area contributed by atoms with Crippen LogP contribution in [0.5, 0.6) is 11.5 Å². The summed E-state index contributed by atoms with van der Waals surface area (Å²) in [4.78, 5) is 4.51. The highest BCUT2D eigenvalue weighted by Gasteiger charge is 2.11. The van der Waals surface area contributed by atoms with Crippen molar-refractivity contribution in [2.24, 2.45) is 4.99 Å². The molecule has 2 aromatic carbocycles.